The number of fused-ring (bicyclic) bond motifs is 1. The van der Waals surface area contributed by atoms with Crippen LogP contribution in [0.2, 0.25) is 0 Å². The zero-order valence-electron chi connectivity index (χ0n) is 10.4. The molecule has 86 valence electrons. The van der Waals surface area contributed by atoms with Crippen molar-refractivity contribution in [2.24, 2.45) is 5.73 Å². The van der Waals surface area contributed by atoms with Gasteiger partial charge in [0.15, 0.2) is 0 Å². The van der Waals surface area contributed by atoms with E-state index in [1.54, 1.807) is 0 Å². The summed E-state index contributed by atoms with van der Waals surface area (Å²) < 4.78 is 2.15. The van der Waals surface area contributed by atoms with Gasteiger partial charge in [0.25, 0.3) is 0 Å². The first-order valence-electron chi connectivity index (χ1n) is 5.62. The molecular weight excluding hydrogens is 198 g/mol. The van der Waals surface area contributed by atoms with Gasteiger partial charge in [-0.3, -0.25) is 4.40 Å². The summed E-state index contributed by atoms with van der Waals surface area (Å²) in [6.45, 7) is 9.12. The van der Waals surface area contributed by atoms with Gasteiger partial charge in [0.1, 0.15) is 5.65 Å². The van der Waals surface area contributed by atoms with Gasteiger partial charge in [0.05, 0.1) is 11.4 Å². The predicted octanol–water partition coefficient (Wildman–Crippen LogP) is 2.40. The second-order valence-corrected chi connectivity index (χ2v) is 5.22. The van der Waals surface area contributed by atoms with Crippen molar-refractivity contribution in [2.75, 3.05) is 0 Å². The van der Waals surface area contributed by atoms with E-state index in [1.807, 2.05) is 12.1 Å². The number of nitrogens with zero attached hydrogens (tertiary/aromatic N) is 2. The summed E-state index contributed by atoms with van der Waals surface area (Å²) in [5.74, 6) is 0. The Bertz CT molecular complexity index is 518. The highest BCUT2D eigenvalue weighted by atomic mass is 15.0. The van der Waals surface area contributed by atoms with Crippen molar-refractivity contribution in [3.63, 3.8) is 0 Å². The Kier molecular flexibility index (Phi) is 2.50. The third-order valence-corrected chi connectivity index (χ3v) is 2.84. The molecule has 0 aliphatic carbocycles. The molecule has 2 N–H and O–H groups in total. The van der Waals surface area contributed by atoms with E-state index in [1.165, 1.54) is 5.69 Å². The second kappa shape index (κ2) is 3.59. The number of nitrogens with two attached hydrogens (primary N) is 1. The zero-order valence-corrected chi connectivity index (χ0v) is 10.4. The molecule has 0 unspecified atom stereocenters. The smallest absolute Gasteiger partial charge is 0.137 e. The zero-order chi connectivity index (χ0) is 11.9. The minimum atomic E-state index is 0.0349. The monoisotopic (exact) mass is 217 g/mol. The van der Waals surface area contributed by atoms with Crippen molar-refractivity contribution >= 4 is 5.65 Å². The van der Waals surface area contributed by atoms with Crippen LogP contribution in [-0.4, -0.2) is 9.38 Å². The van der Waals surface area contributed by atoms with Crippen molar-refractivity contribution in [3.8, 4) is 0 Å². The van der Waals surface area contributed by atoms with Crippen LogP contribution in [0.15, 0.2) is 18.2 Å². The van der Waals surface area contributed by atoms with E-state index in [9.17, 15) is 0 Å². The first kappa shape index (κ1) is 11.1. The van der Waals surface area contributed by atoms with Gasteiger partial charge < -0.3 is 5.73 Å². The predicted molar refractivity (Wildman–Crippen MR) is 66.5 cm³/mol. The quantitative estimate of drug-likeness (QED) is 0.797. The third-order valence-electron chi connectivity index (χ3n) is 2.84. The van der Waals surface area contributed by atoms with Gasteiger partial charge in [-0.2, -0.15) is 0 Å². The number of imidazole rings is 1. The lowest BCUT2D eigenvalue weighted by atomic mass is 9.90. The van der Waals surface area contributed by atoms with Crippen molar-refractivity contribution in [3.05, 3.63) is 35.3 Å². The fourth-order valence-corrected chi connectivity index (χ4v) is 2.12. The largest absolute Gasteiger partial charge is 0.325 e. The minimum Gasteiger partial charge on any atom is -0.325 e. The van der Waals surface area contributed by atoms with Gasteiger partial charge in [0.2, 0.25) is 0 Å². The molecule has 0 saturated carbocycles. The van der Waals surface area contributed by atoms with Crippen LogP contribution >= 0.6 is 0 Å². The highest BCUT2D eigenvalue weighted by Gasteiger charge is 2.23. The summed E-state index contributed by atoms with van der Waals surface area (Å²) in [6, 6.07) is 6.14. The molecule has 0 aliphatic rings. The van der Waals surface area contributed by atoms with Crippen LogP contribution in [0.4, 0.5) is 0 Å². The van der Waals surface area contributed by atoms with Crippen LogP contribution < -0.4 is 5.73 Å². The van der Waals surface area contributed by atoms with Gasteiger partial charge in [0, 0.05) is 17.7 Å². The van der Waals surface area contributed by atoms with Crippen LogP contribution in [0.5, 0.6) is 0 Å². The van der Waals surface area contributed by atoms with E-state index in [0.717, 1.165) is 17.0 Å². The van der Waals surface area contributed by atoms with E-state index in [2.05, 4.69) is 38.2 Å². The molecule has 0 saturated heterocycles. The maximum absolute atomic E-state index is 5.87. The lowest BCUT2D eigenvalue weighted by molar-refractivity contribution is 0.564. The topological polar surface area (TPSA) is 43.3 Å². The number of pyridine rings is 1. The van der Waals surface area contributed by atoms with E-state index >= 15 is 0 Å². The summed E-state index contributed by atoms with van der Waals surface area (Å²) in [5.41, 5.74) is 10.3. The van der Waals surface area contributed by atoms with E-state index in [4.69, 9.17) is 10.7 Å². The lowest BCUT2D eigenvalue weighted by Gasteiger charge is -2.17. The van der Waals surface area contributed by atoms with Gasteiger partial charge in [-0.15, -0.1) is 0 Å². The standard InChI is InChI=1S/C13H19N3/c1-9-6-5-7-11-15-12(13(2,3)4)10(8-14)16(9)11/h5-7H,8,14H2,1-4H3. The van der Waals surface area contributed by atoms with Crippen molar-refractivity contribution in [2.45, 2.75) is 39.7 Å². The Morgan fingerprint density at radius 2 is 2.00 bits per heavy atom. The first-order valence-corrected chi connectivity index (χ1v) is 5.62. The molecule has 0 bridgehead atoms. The van der Waals surface area contributed by atoms with Crippen molar-refractivity contribution in [1.29, 1.82) is 0 Å². The van der Waals surface area contributed by atoms with Crippen LogP contribution in [0.1, 0.15) is 37.9 Å². The van der Waals surface area contributed by atoms with Gasteiger partial charge in [-0.1, -0.05) is 26.8 Å². The molecule has 0 amide bonds. The molecule has 0 aliphatic heterocycles. The Balaban J connectivity index is 2.83. The fraction of sp³-hybridized carbons (Fsp3) is 0.462. The second-order valence-electron chi connectivity index (χ2n) is 5.22. The fourth-order valence-electron chi connectivity index (χ4n) is 2.12. The average molecular weight is 217 g/mol. The highest BCUT2D eigenvalue weighted by Crippen LogP contribution is 2.26. The molecule has 2 rings (SSSR count). The molecule has 2 aromatic heterocycles. The first-order chi connectivity index (χ1) is 7.45. The maximum atomic E-state index is 5.87. The van der Waals surface area contributed by atoms with E-state index < -0.39 is 0 Å². The highest BCUT2D eigenvalue weighted by molar-refractivity contribution is 5.46. The Morgan fingerprint density at radius 1 is 1.31 bits per heavy atom. The molecule has 16 heavy (non-hydrogen) atoms. The lowest BCUT2D eigenvalue weighted by Crippen LogP contribution is -2.17. The van der Waals surface area contributed by atoms with Crippen LogP contribution in [-0.2, 0) is 12.0 Å². The summed E-state index contributed by atoms with van der Waals surface area (Å²) in [6.07, 6.45) is 0. The number of hydrogen-bond donors (Lipinski definition) is 1. The molecule has 0 fully saturated rings. The summed E-state index contributed by atoms with van der Waals surface area (Å²) in [5, 5.41) is 0. The van der Waals surface area contributed by atoms with Crippen LogP contribution in [0.3, 0.4) is 0 Å². The van der Waals surface area contributed by atoms with Crippen LogP contribution in [0.25, 0.3) is 5.65 Å². The van der Waals surface area contributed by atoms with E-state index in [0.29, 0.717) is 6.54 Å². The number of aryl methyl sites for hydroxylation is 1. The normalized spacial score (nSPS) is 12.3. The number of hydrogen-bond acceptors (Lipinski definition) is 2. The summed E-state index contributed by atoms with van der Waals surface area (Å²) in [7, 11) is 0. The van der Waals surface area contributed by atoms with E-state index in [-0.39, 0.29) is 5.41 Å². The SMILES string of the molecule is Cc1cccc2nc(C(C)(C)C)c(CN)n12. The molecular formula is C13H19N3. The molecule has 0 atom stereocenters. The molecule has 0 aromatic carbocycles. The molecule has 0 spiro atoms. The summed E-state index contributed by atoms with van der Waals surface area (Å²) in [4.78, 5) is 4.70. The van der Waals surface area contributed by atoms with Gasteiger partial charge in [-0.05, 0) is 19.1 Å². The molecule has 0 radical (unpaired) electrons. The Morgan fingerprint density at radius 3 is 2.56 bits per heavy atom. The Hall–Kier alpha value is -1.35. The van der Waals surface area contributed by atoms with Gasteiger partial charge >= 0.3 is 0 Å². The minimum absolute atomic E-state index is 0.0349. The van der Waals surface area contributed by atoms with Crippen molar-refractivity contribution in [1.82, 2.24) is 9.38 Å². The number of rotatable bonds is 1. The molecule has 3 heteroatoms. The molecule has 2 heterocycles. The third kappa shape index (κ3) is 1.61. The molecule has 3 nitrogen and oxygen atoms in total. The molecule has 2 aromatic rings. The Labute approximate surface area is 96.3 Å². The van der Waals surface area contributed by atoms with Crippen molar-refractivity contribution < 1.29 is 0 Å². The van der Waals surface area contributed by atoms with Crippen LogP contribution in [0, 0.1) is 6.92 Å². The maximum Gasteiger partial charge on any atom is 0.137 e. The number of aromatic nitrogens is 2. The van der Waals surface area contributed by atoms with Gasteiger partial charge in [-0.25, -0.2) is 4.98 Å². The average Bonchev–Trinajstić information content (AvgIpc) is 2.57. The summed E-state index contributed by atoms with van der Waals surface area (Å²) >= 11 is 0.